The largest absolute Gasteiger partial charge is 0.465 e. The molecule has 1 aliphatic heterocycles. The molecular weight excluding hydrogens is 250 g/mol. The average molecular weight is 263 g/mol. The number of pyridine rings is 1. The van der Waals surface area contributed by atoms with Gasteiger partial charge in [-0.05, 0) is 25.0 Å². The normalized spacial score (nSPS) is 16.9. The number of likely N-dealkylation sites (tertiary alicyclic amines) is 1. The molecule has 0 bridgehead atoms. The van der Waals surface area contributed by atoms with E-state index < -0.39 is 11.8 Å². The van der Waals surface area contributed by atoms with Gasteiger partial charge in [-0.15, -0.1) is 0 Å². The molecule has 0 saturated carbocycles. The van der Waals surface area contributed by atoms with E-state index in [9.17, 15) is 9.59 Å². The van der Waals surface area contributed by atoms with Crippen LogP contribution in [0.15, 0.2) is 27.5 Å². The Labute approximate surface area is 108 Å². The van der Waals surface area contributed by atoms with Crippen molar-refractivity contribution in [3.63, 3.8) is 0 Å². The maximum atomic E-state index is 11.9. The van der Waals surface area contributed by atoms with E-state index in [1.807, 2.05) is 0 Å². The highest BCUT2D eigenvalue weighted by molar-refractivity contribution is 5.67. The first-order valence-corrected chi connectivity index (χ1v) is 6.11. The highest BCUT2D eigenvalue weighted by Gasteiger charge is 2.26. The summed E-state index contributed by atoms with van der Waals surface area (Å²) >= 11 is 0. The van der Waals surface area contributed by atoms with Crippen molar-refractivity contribution in [3.8, 4) is 0 Å². The van der Waals surface area contributed by atoms with E-state index in [0.29, 0.717) is 37.2 Å². The smallest absolute Gasteiger partial charge is 0.421 e. The highest BCUT2D eigenvalue weighted by Crippen LogP contribution is 2.24. The van der Waals surface area contributed by atoms with Gasteiger partial charge in [0.2, 0.25) is 0 Å². The van der Waals surface area contributed by atoms with Crippen molar-refractivity contribution < 1.29 is 14.3 Å². The topological polar surface area (TPSA) is 88.6 Å². The minimum absolute atomic E-state index is 0.0563. The van der Waals surface area contributed by atoms with Gasteiger partial charge in [0.25, 0.3) is 0 Å². The van der Waals surface area contributed by atoms with E-state index >= 15 is 0 Å². The fourth-order valence-electron chi connectivity index (χ4n) is 2.51. The van der Waals surface area contributed by atoms with E-state index in [-0.39, 0.29) is 6.04 Å². The Morgan fingerprint density at radius 1 is 1.42 bits per heavy atom. The summed E-state index contributed by atoms with van der Waals surface area (Å²) in [7, 11) is 0. The zero-order valence-electron chi connectivity index (χ0n) is 10.2. The van der Waals surface area contributed by atoms with Crippen LogP contribution in [0.1, 0.15) is 18.9 Å². The first-order valence-electron chi connectivity index (χ1n) is 6.11. The first kappa shape index (κ1) is 11.8. The molecule has 3 heterocycles. The molecule has 100 valence electrons. The third-order valence-electron chi connectivity index (χ3n) is 3.47. The third kappa shape index (κ3) is 1.96. The summed E-state index contributed by atoms with van der Waals surface area (Å²) in [6, 6.07) is 3.36. The molecule has 19 heavy (non-hydrogen) atoms. The van der Waals surface area contributed by atoms with Crippen molar-refractivity contribution in [1.82, 2.24) is 14.5 Å². The minimum atomic E-state index is -0.916. The van der Waals surface area contributed by atoms with Gasteiger partial charge < -0.3 is 14.4 Å². The Morgan fingerprint density at radius 2 is 2.16 bits per heavy atom. The number of nitrogens with zero attached hydrogens (tertiary/aromatic N) is 3. The molecular formula is C12H13N3O4. The predicted octanol–water partition coefficient (Wildman–Crippen LogP) is 1.30. The van der Waals surface area contributed by atoms with Crippen molar-refractivity contribution in [2.45, 2.75) is 18.9 Å². The van der Waals surface area contributed by atoms with Gasteiger partial charge in [-0.1, -0.05) is 0 Å². The average Bonchev–Trinajstić information content (AvgIpc) is 2.74. The quantitative estimate of drug-likeness (QED) is 0.837. The second kappa shape index (κ2) is 4.42. The van der Waals surface area contributed by atoms with Gasteiger partial charge in [0, 0.05) is 25.3 Å². The van der Waals surface area contributed by atoms with Crippen molar-refractivity contribution in [1.29, 1.82) is 0 Å². The maximum absolute atomic E-state index is 11.9. The van der Waals surface area contributed by atoms with Crippen LogP contribution in [-0.2, 0) is 0 Å². The number of carbonyl (C=O) groups is 1. The van der Waals surface area contributed by atoms with Crippen molar-refractivity contribution in [2.24, 2.45) is 0 Å². The van der Waals surface area contributed by atoms with Crippen LogP contribution in [0.4, 0.5) is 4.79 Å². The molecule has 0 atom stereocenters. The van der Waals surface area contributed by atoms with E-state index in [1.165, 1.54) is 9.47 Å². The van der Waals surface area contributed by atoms with E-state index in [0.717, 1.165) is 0 Å². The maximum Gasteiger partial charge on any atom is 0.421 e. The standard InChI is InChI=1S/C12H13N3O4/c16-11(17)14-6-3-8(4-7-14)15-10-9(19-12(15)18)2-1-5-13-10/h1-2,5,8H,3-4,6-7H2,(H,16,17). The Bertz CT molecular complexity index is 667. The molecule has 1 aliphatic rings. The lowest BCUT2D eigenvalue weighted by Crippen LogP contribution is -2.39. The summed E-state index contributed by atoms with van der Waals surface area (Å²) in [5, 5.41) is 8.91. The number of piperidine rings is 1. The van der Waals surface area contributed by atoms with Gasteiger partial charge in [-0.25, -0.2) is 14.6 Å². The second-order valence-corrected chi connectivity index (χ2v) is 4.56. The van der Waals surface area contributed by atoms with Crippen LogP contribution in [0.25, 0.3) is 11.2 Å². The first-order chi connectivity index (χ1) is 9.16. The van der Waals surface area contributed by atoms with Gasteiger partial charge in [-0.2, -0.15) is 0 Å². The fourth-order valence-corrected chi connectivity index (χ4v) is 2.51. The number of carboxylic acid groups (broad SMARTS) is 1. The molecule has 1 N–H and O–H groups in total. The number of oxazole rings is 1. The molecule has 0 aliphatic carbocycles. The Morgan fingerprint density at radius 3 is 2.84 bits per heavy atom. The van der Waals surface area contributed by atoms with Crippen LogP contribution in [-0.4, -0.2) is 38.7 Å². The summed E-state index contributed by atoms with van der Waals surface area (Å²) in [6.07, 6.45) is 1.88. The predicted molar refractivity (Wildman–Crippen MR) is 66.1 cm³/mol. The molecule has 0 aromatic carbocycles. The summed E-state index contributed by atoms with van der Waals surface area (Å²) in [6.45, 7) is 0.845. The van der Waals surface area contributed by atoms with E-state index in [1.54, 1.807) is 18.3 Å². The lowest BCUT2D eigenvalue weighted by molar-refractivity contribution is 0.125. The van der Waals surface area contributed by atoms with Crippen LogP contribution in [0.2, 0.25) is 0 Å². The zero-order valence-corrected chi connectivity index (χ0v) is 10.2. The van der Waals surface area contributed by atoms with Crippen LogP contribution in [0.5, 0.6) is 0 Å². The number of aromatic nitrogens is 2. The minimum Gasteiger partial charge on any atom is -0.465 e. The van der Waals surface area contributed by atoms with Gasteiger partial charge >= 0.3 is 11.8 Å². The number of rotatable bonds is 1. The van der Waals surface area contributed by atoms with Crippen LogP contribution < -0.4 is 5.76 Å². The van der Waals surface area contributed by atoms with Crippen LogP contribution in [0, 0.1) is 0 Å². The second-order valence-electron chi connectivity index (χ2n) is 4.56. The third-order valence-corrected chi connectivity index (χ3v) is 3.47. The van der Waals surface area contributed by atoms with Crippen molar-refractivity contribution >= 4 is 17.3 Å². The summed E-state index contributed by atoms with van der Waals surface area (Å²) in [4.78, 5) is 28.3. The molecule has 3 rings (SSSR count). The lowest BCUT2D eigenvalue weighted by atomic mass is 10.1. The van der Waals surface area contributed by atoms with Crippen LogP contribution in [0.3, 0.4) is 0 Å². The molecule has 0 radical (unpaired) electrons. The zero-order chi connectivity index (χ0) is 13.4. The molecule has 7 heteroatoms. The molecule has 1 amide bonds. The molecule has 2 aromatic heterocycles. The molecule has 2 aromatic rings. The van der Waals surface area contributed by atoms with Gasteiger partial charge in [0.15, 0.2) is 11.2 Å². The Hall–Kier alpha value is -2.31. The van der Waals surface area contributed by atoms with Crippen molar-refractivity contribution in [3.05, 3.63) is 28.9 Å². The Kier molecular flexibility index (Phi) is 2.73. The summed E-state index contributed by atoms with van der Waals surface area (Å²) in [5.41, 5.74) is 0.995. The van der Waals surface area contributed by atoms with Gasteiger partial charge in [0.1, 0.15) is 0 Å². The summed E-state index contributed by atoms with van der Waals surface area (Å²) < 4.78 is 6.68. The number of amides is 1. The van der Waals surface area contributed by atoms with Gasteiger partial charge in [-0.3, -0.25) is 4.57 Å². The van der Waals surface area contributed by atoms with Crippen molar-refractivity contribution in [2.75, 3.05) is 13.1 Å². The molecule has 7 nitrogen and oxygen atoms in total. The Balaban J connectivity index is 1.92. The molecule has 0 spiro atoms. The molecule has 1 fully saturated rings. The number of hydrogen-bond acceptors (Lipinski definition) is 4. The monoisotopic (exact) mass is 263 g/mol. The highest BCUT2D eigenvalue weighted by atomic mass is 16.4. The van der Waals surface area contributed by atoms with E-state index in [4.69, 9.17) is 9.52 Å². The number of hydrogen-bond donors (Lipinski definition) is 1. The van der Waals surface area contributed by atoms with Crippen LogP contribution >= 0.6 is 0 Å². The molecule has 1 saturated heterocycles. The van der Waals surface area contributed by atoms with E-state index in [2.05, 4.69) is 4.98 Å². The van der Waals surface area contributed by atoms with Gasteiger partial charge in [0.05, 0.1) is 0 Å². The fraction of sp³-hybridized carbons (Fsp3) is 0.417. The lowest BCUT2D eigenvalue weighted by Gasteiger charge is -2.29. The summed E-state index contributed by atoms with van der Waals surface area (Å²) in [5.74, 6) is -0.428. The number of fused-ring (bicyclic) bond motifs is 1. The SMILES string of the molecule is O=C(O)N1CCC(n2c(=O)oc3cccnc32)CC1. The molecule has 0 unspecified atom stereocenters.